The molecule has 2 aromatic heterocycles. The second kappa shape index (κ2) is 6.30. The first-order chi connectivity index (χ1) is 8.78. The van der Waals surface area contributed by atoms with Crippen LogP contribution in [0.4, 0.5) is 5.82 Å². The molecule has 0 fully saturated rings. The summed E-state index contributed by atoms with van der Waals surface area (Å²) in [4.78, 5) is 16.8. The molecule has 1 atom stereocenters. The summed E-state index contributed by atoms with van der Waals surface area (Å²) in [7, 11) is 0. The molecule has 5 nitrogen and oxygen atoms in total. The van der Waals surface area contributed by atoms with Gasteiger partial charge in [-0.05, 0) is 19.2 Å². The SMILES string of the molecule is CSc1nccc(N[C@H](C)Cc2cnccn2)n1. The fourth-order valence-corrected chi connectivity index (χ4v) is 1.93. The summed E-state index contributed by atoms with van der Waals surface area (Å²) >= 11 is 1.53. The highest BCUT2D eigenvalue weighted by Gasteiger charge is 2.06. The van der Waals surface area contributed by atoms with Gasteiger partial charge in [-0.2, -0.15) is 0 Å². The molecule has 0 spiro atoms. The first kappa shape index (κ1) is 12.8. The van der Waals surface area contributed by atoms with E-state index in [1.165, 1.54) is 11.8 Å². The van der Waals surface area contributed by atoms with E-state index in [0.717, 1.165) is 23.1 Å². The standard InChI is InChI=1S/C12H15N5S/c1-9(7-10-8-13-5-6-14-10)16-11-3-4-15-12(17-11)18-2/h3-6,8-9H,7H2,1-2H3,(H,15,16,17)/t9-/m1/s1. The number of hydrogen-bond donors (Lipinski definition) is 1. The van der Waals surface area contributed by atoms with Crippen molar-refractivity contribution >= 4 is 17.6 Å². The van der Waals surface area contributed by atoms with Crippen LogP contribution in [-0.2, 0) is 6.42 Å². The van der Waals surface area contributed by atoms with Gasteiger partial charge in [0.05, 0.1) is 5.69 Å². The topological polar surface area (TPSA) is 63.6 Å². The zero-order valence-corrected chi connectivity index (χ0v) is 11.2. The van der Waals surface area contributed by atoms with E-state index in [1.807, 2.05) is 12.3 Å². The molecule has 0 radical (unpaired) electrons. The van der Waals surface area contributed by atoms with Crippen molar-refractivity contribution in [2.24, 2.45) is 0 Å². The van der Waals surface area contributed by atoms with Crippen LogP contribution in [0.5, 0.6) is 0 Å². The van der Waals surface area contributed by atoms with Gasteiger partial charge in [0.2, 0.25) is 0 Å². The second-order valence-corrected chi connectivity index (χ2v) is 4.65. The predicted octanol–water partition coefficient (Wildman–Crippen LogP) is 2.03. The summed E-state index contributed by atoms with van der Waals surface area (Å²) in [6.07, 6.45) is 9.70. The van der Waals surface area contributed by atoms with Crippen molar-refractivity contribution in [2.45, 2.75) is 24.5 Å². The molecule has 0 bridgehead atoms. The molecule has 2 rings (SSSR count). The number of hydrogen-bond acceptors (Lipinski definition) is 6. The van der Waals surface area contributed by atoms with E-state index < -0.39 is 0 Å². The average Bonchev–Trinajstić information content (AvgIpc) is 2.40. The van der Waals surface area contributed by atoms with Gasteiger partial charge in [0, 0.05) is 37.3 Å². The molecule has 1 N–H and O–H groups in total. The lowest BCUT2D eigenvalue weighted by atomic mass is 10.2. The third-order valence-corrected chi connectivity index (χ3v) is 2.90. The first-order valence-electron chi connectivity index (χ1n) is 5.66. The van der Waals surface area contributed by atoms with Gasteiger partial charge in [-0.25, -0.2) is 9.97 Å². The minimum Gasteiger partial charge on any atom is -0.367 e. The van der Waals surface area contributed by atoms with Crippen molar-refractivity contribution in [1.29, 1.82) is 0 Å². The van der Waals surface area contributed by atoms with Gasteiger partial charge in [0.25, 0.3) is 0 Å². The maximum absolute atomic E-state index is 4.38. The van der Waals surface area contributed by atoms with Gasteiger partial charge >= 0.3 is 0 Å². The Kier molecular flexibility index (Phi) is 4.46. The molecule has 2 aromatic rings. The molecule has 0 saturated carbocycles. The zero-order valence-electron chi connectivity index (χ0n) is 10.4. The number of nitrogens with one attached hydrogen (secondary N) is 1. The lowest BCUT2D eigenvalue weighted by Gasteiger charge is -2.13. The normalized spacial score (nSPS) is 12.1. The largest absolute Gasteiger partial charge is 0.367 e. The molecule has 0 saturated heterocycles. The number of rotatable bonds is 5. The number of anilines is 1. The Hall–Kier alpha value is -1.69. The number of aromatic nitrogens is 4. The van der Waals surface area contributed by atoms with Crippen molar-refractivity contribution in [1.82, 2.24) is 19.9 Å². The van der Waals surface area contributed by atoms with Gasteiger partial charge in [-0.1, -0.05) is 11.8 Å². The van der Waals surface area contributed by atoms with E-state index in [4.69, 9.17) is 0 Å². The van der Waals surface area contributed by atoms with Crippen LogP contribution in [0.1, 0.15) is 12.6 Å². The van der Waals surface area contributed by atoms with Crippen molar-refractivity contribution in [3.8, 4) is 0 Å². The molecule has 0 unspecified atom stereocenters. The van der Waals surface area contributed by atoms with Crippen LogP contribution in [0.15, 0.2) is 36.0 Å². The van der Waals surface area contributed by atoms with Crippen molar-refractivity contribution < 1.29 is 0 Å². The highest BCUT2D eigenvalue weighted by Crippen LogP contribution is 2.12. The maximum atomic E-state index is 4.38. The van der Waals surface area contributed by atoms with Crippen LogP contribution in [0.25, 0.3) is 0 Å². The van der Waals surface area contributed by atoms with E-state index in [0.29, 0.717) is 0 Å². The lowest BCUT2D eigenvalue weighted by Crippen LogP contribution is -2.19. The Balaban J connectivity index is 1.96. The molecule has 2 heterocycles. The van der Waals surface area contributed by atoms with Crippen molar-refractivity contribution in [2.75, 3.05) is 11.6 Å². The van der Waals surface area contributed by atoms with E-state index >= 15 is 0 Å². The van der Waals surface area contributed by atoms with Crippen LogP contribution in [-0.4, -0.2) is 32.2 Å². The van der Waals surface area contributed by atoms with Crippen LogP contribution >= 0.6 is 11.8 Å². The Morgan fingerprint density at radius 3 is 2.89 bits per heavy atom. The van der Waals surface area contributed by atoms with Crippen LogP contribution in [0.2, 0.25) is 0 Å². The second-order valence-electron chi connectivity index (χ2n) is 3.87. The minimum atomic E-state index is 0.242. The summed E-state index contributed by atoms with van der Waals surface area (Å²) in [5, 5.41) is 4.10. The Morgan fingerprint density at radius 1 is 1.28 bits per heavy atom. The summed E-state index contributed by atoms with van der Waals surface area (Å²) in [6.45, 7) is 2.09. The average molecular weight is 261 g/mol. The smallest absolute Gasteiger partial charge is 0.189 e. The van der Waals surface area contributed by atoms with Gasteiger partial charge in [-0.3, -0.25) is 9.97 Å². The summed E-state index contributed by atoms with van der Waals surface area (Å²) < 4.78 is 0. The molecule has 6 heteroatoms. The first-order valence-corrected chi connectivity index (χ1v) is 6.89. The van der Waals surface area contributed by atoms with Gasteiger partial charge in [0.15, 0.2) is 5.16 Å². The molecule has 0 aliphatic rings. The number of thioether (sulfide) groups is 1. The van der Waals surface area contributed by atoms with Gasteiger partial charge in [-0.15, -0.1) is 0 Å². The molecule has 0 amide bonds. The molecule has 0 aliphatic carbocycles. The van der Waals surface area contributed by atoms with E-state index in [-0.39, 0.29) is 6.04 Å². The monoisotopic (exact) mass is 261 g/mol. The highest BCUT2D eigenvalue weighted by atomic mass is 32.2. The van der Waals surface area contributed by atoms with Crippen molar-refractivity contribution in [3.05, 3.63) is 36.5 Å². The van der Waals surface area contributed by atoms with E-state index in [2.05, 4.69) is 32.2 Å². The lowest BCUT2D eigenvalue weighted by molar-refractivity contribution is 0.755. The highest BCUT2D eigenvalue weighted by molar-refractivity contribution is 7.98. The Bertz CT molecular complexity index is 491. The summed E-state index contributed by atoms with van der Waals surface area (Å²) in [5.41, 5.74) is 0.969. The van der Waals surface area contributed by atoms with Gasteiger partial charge in [0.1, 0.15) is 5.82 Å². The Labute approximate surface area is 110 Å². The quantitative estimate of drug-likeness (QED) is 0.656. The summed E-state index contributed by atoms with van der Waals surface area (Å²) in [6, 6.07) is 2.11. The maximum Gasteiger partial charge on any atom is 0.189 e. The fraction of sp³-hybridized carbons (Fsp3) is 0.333. The van der Waals surface area contributed by atoms with Crippen LogP contribution in [0.3, 0.4) is 0 Å². The molecule has 0 aromatic carbocycles. The fourth-order valence-electron chi connectivity index (χ4n) is 1.57. The Morgan fingerprint density at radius 2 is 2.17 bits per heavy atom. The predicted molar refractivity (Wildman–Crippen MR) is 72.6 cm³/mol. The van der Waals surface area contributed by atoms with E-state index in [9.17, 15) is 0 Å². The molecule has 0 aliphatic heterocycles. The van der Waals surface area contributed by atoms with Crippen LogP contribution in [0, 0.1) is 0 Å². The van der Waals surface area contributed by atoms with Crippen LogP contribution < -0.4 is 5.32 Å². The van der Waals surface area contributed by atoms with E-state index in [1.54, 1.807) is 24.8 Å². The minimum absolute atomic E-state index is 0.242. The number of nitrogens with zero attached hydrogens (tertiary/aromatic N) is 4. The molecular weight excluding hydrogens is 246 g/mol. The third kappa shape index (κ3) is 3.66. The molecule has 18 heavy (non-hydrogen) atoms. The third-order valence-electron chi connectivity index (χ3n) is 2.34. The summed E-state index contributed by atoms with van der Waals surface area (Å²) in [5.74, 6) is 0.839. The molecular formula is C12H15N5S. The zero-order chi connectivity index (χ0) is 12.8. The van der Waals surface area contributed by atoms with Crippen molar-refractivity contribution in [3.63, 3.8) is 0 Å². The molecule has 94 valence electrons. The van der Waals surface area contributed by atoms with Gasteiger partial charge < -0.3 is 5.32 Å².